The maximum absolute atomic E-state index is 5.67. The Bertz CT molecular complexity index is 777. The second-order valence-corrected chi connectivity index (χ2v) is 5.26. The zero-order chi connectivity index (χ0) is 13.5. The van der Waals surface area contributed by atoms with E-state index in [1.165, 1.54) is 10.9 Å². The highest BCUT2D eigenvalue weighted by Crippen LogP contribution is 2.29. The number of nitrogens with zero attached hydrogens (tertiary/aromatic N) is 4. The van der Waals surface area contributed by atoms with Gasteiger partial charge in [0, 0.05) is 30.5 Å². The molecule has 0 radical (unpaired) electrons. The van der Waals surface area contributed by atoms with Crippen LogP contribution in [0.4, 0.5) is 5.95 Å². The molecule has 1 aliphatic heterocycles. The number of fused-ring (bicyclic) bond motifs is 2. The van der Waals surface area contributed by atoms with Crippen LogP contribution in [0.25, 0.3) is 10.9 Å². The van der Waals surface area contributed by atoms with Gasteiger partial charge in [-0.2, -0.15) is 4.98 Å². The fraction of sp³-hybridized carbons (Fsp3) is 0.267. The van der Waals surface area contributed by atoms with E-state index in [0.29, 0.717) is 11.9 Å². The molecule has 4 rings (SSSR count). The Kier molecular flexibility index (Phi) is 2.45. The predicted octanol–water partition coefficient (Wildman–Crippen LogP) is 2.14. The molecular formula is C15H15N5. The Morgan fingerprint density at radius 3 is 3.15 bits per heavy atom. The number of hydrogen-bond donors (Lipinski definition) is 1. The first-order valence-corrected chi connectivity index (χ1v) is 6.83. The second-order valence-electron chi connectivity index (χ2n) is 5.26. The number of rotatable bonds is 1. The molecule has 3 heterocycles. The molecule has 0 aliphatic carbocycles. The van der Waals surface area contributed by atoms with E-state index in [0.717, 1.165) is 30.7 Å². The van der Waals surface area contributed by atoms with Crippen LogP contribution in [-0.4, -0.2) is 19.7 Å². The Morgan fingerprint density at radius 2 is 2.20 bits per heavy atom. The fourth-order valence-corrected chi connectivity index (χ4v) is 2.95. The first-order valence-electron chi connectivity index (χ1n) is 6.83. The van der Waals surface area contributed by atoms with E-state index < -0.39 is 0 Å². The SMILES string of the molecule is Nc1nc2n(n1)CC(c1ccc3ncccc3c1)CC2. The summed E-state index contributed by atoms with van der Waals surface area (Å²) in [7, 11) is 0. The number of aromatic nitrogens is 4. The maximum atomic E-state index is 5.67. The van der Waals surface area contributed by atoms with Gasteiger partial charge in [0.15, 0.2) is 0 Å². The molecule has 0 saturated heterocycles. The first kappa shape index (κ1) is 11.4. The van der Waals surface area contributed by atoms with E-state index in [-0.39, 0.29) is 0 Å². The van der Waals surface area contributed by atoms with Gasteiger partial charge in [0.2, 0.25) is 5.95 Å². The van der Waals surface area contributed by atoms with Crippen LogP contribution in [0.15, 0.2) is 36.5 Å². The average Bonchev–Trinajstić information content (AvgIpc) is 2.85. The van der Waals surface area contributed by atoms with Gasteiger partial charge in [-0.3, -0.25) is 4.98 Å². The summed E-state index contributed by atoms with van der Waals surface area (Å²) in [5.74, 6) is 1.85. The van der Waals surface area contributed by atoms with Crippen LogP contribution in [0.1, 0.15) is 23.7 Å². The van der Waals surface area contributed by atoms with Crippen molar-refractivity contribution in [2.24, 2.45) is 0 Å². The Labute approximate surface area is 116 Å². The Morgan fingerprint density at radius 1 is 1.25 bits per heavy atom. The monoisotopic (exact) mass is 265 g/mol. The molecule has 2 aromatic heterocycles. The standard InChI is InChI=1S/C15H15N5/c16-15-18-14-6-4-12(9-20(14)19-15)10-3-5-13-11(8-10)2-1-7-17-13/h1-3,5,7-8,12H,4,6,9H2,(H2,16,19). The Hall–Kier alpha value is -2.43. The highest BCUT2D eigenvalue weighted by molar-refractivity contribution is 5.79. The van der Waals surface area contributed by atoms with Gasteiger partial charge in [-0.15, -0.1) is 5.10 Å². The number of nitrogens with two attached hydrogens (primary N) is 1. The van der Waals surface area contributed by atoms with Crippen LogP contribution < -0.4 is 5.73 Å². The molecule has 0 spiro atoms. The molecule has 20 heavy (non-hydrogen) atoms. The quantitative estimate of drug-likeness (QED) is 0.732. The molecule has 3 aromatic rings. The van der Waals surface area contributed by atoms with Crippen molar-refractivity contribution in [3.8, 4) is 0 Å². The van der Waals surface area contributed by atoms with Crippen molar-refractivity contribution in [2.45, 2.75) is 25.3 Å². The van der Waals surface area contributed by atoms with Crippen LogP contribution in [-0.2, 0) is 13.0 Å². The predicted molar refractivity (Wildman–Crippen MR) is 77.2 cm³/mol. The lowest BCUT2D eigenvalue weighted by molar-refractivity contribution is 0.424. The van der Waals surface area contributed by atoms with Crippen molar-refractivity contribution in [2.75, 3.05) is 5.73 Å². The second kappa shape index (κ2) is 4.30. The molecule has 1 unspecified atom stereocenters. The number of pyridine rings is 1. The van der Waals surface area contributed by atoms with Crippen molar-refractivity contribution in [3.63, 3.8) is 0 Å². The molecule has 5 heteroatoms. The lowest BCUT2D eigenvalue weighted by Gasteiger charge is -2.23. The molecule has 5 nitrogen and oxygen atoms in total. The molecule has 0 fully saturated rings. The average molecular weight is 265 g/mol. The molecule has 0 amide bonds. The van der Waals surface area contributed by atoms with Gasteiger partial charge in [-0.25, -0.2) is 4.68 Å². The van der Waals surface area contributed by atoms with Gasteiger partial charge in [-0.05, 0) is 30.2 Å². The summed E-state index contributed by atoms with van der Waals surface area (Å²) >= 11 is 0. The highest BCUT2D eigenvalue weighted by atomic mass is 15.4. The molecule has 1 aromatic carbocycles. The summed E-state index contributed by atoms with van der Waals surface area (Å²) in [5.41, 5.74) is 8.04. The number of hydrogen-bond acceptors (Lipinski definition) is 4. The normalized spacial score (nSPS) is 18.1. The molecular weight excluding hydrogens is 250 g/mol. The summed E-state index contributed by atoms with van der Waals surface area (Å²) in [6.45, 7) is 0.852. The van der Waals surface area contributed by atoms with E-state index in [4.69, 9.17) is 5.73 Å². The van der Waals surface area contributed by atoms with Gasteiger partial charge in [0.25, 0.3) is 0 Å². The van der Waals surface area contributed by atoms with Crippen molar-refractivity contribution in [3.05, 3.63) is 47.9 Å². The molecule has 2 N–H and O–H groups in total. The summed E-state index contributed by atoms with van der Waals surface area (Å²) in [6.07, 6.45) is 3.84. The lowest BCUT2D eigenvalue weighted by atomic mass is 9.91. The zero-order valence-corrected chi connectivity index (χ0v) is 11.0. The summed E-state index contributed by atoms with van der Waals surface area (Å²) in [6, 6.07) is 10.6. The van der Waals surface area contributed by atoms with E-state index in [1.54, 1.807) is 0 Å². The van der Waals surface area contributed by atoms with Crippen LogP contribution in [0.3, 0.4) is 0 Å². The molecule has 100 valence electrons. The zero-order valence-electron chi connectivity index (χ0n) is 11.0. The number of benzene rings is 1. The number of anilines is 1. The van der Waals surface area contributed by atoms with Crippen LogP contribution in [0.2, 0.25) is 0 Å². The summed E-state index contributed by atoms with van der Waals surface area (Å²) in [4.78, 5) is 8.61. The van der Waals surface area contributed by atoms with Crippen molar-refractivity contribution < 1.29 is 0 Å². The summed E-state index contributed by atoms with van der Waals surface area (Å²) < 4.78 is 1.94. The van der Waals surface area contributed by atoms with Gasteiger partial charge in [0.1, 0.15) is 5.82 Å². The third kappa shape index (κ3) is 1.82. The van der Waals surface area contributed by atoms with E-state index in [2.05, 4.69) is 39.3 Å². The third-order valence-corrected chi connectivity index (χ3v) is 3.97. The van der Waals surface area contributed by atoms with Gasteiger partial charge in [-0.1, -0.05) is 12.1 Å². The Balaban J connectivity index is 1.70. The van der Waals surface area contributed by atoms with E-state index in [1.807, 2.05) is 16.9 Å². The minimum Gasteiger partial charge on any atom is -0.366 e. The van der Waals surface area contributed by atoms with Crippen molar-refractivity contribution >= 4 is 16.9 Å². The van der Waals surface area contributed by atoms with Crippen molar-refractivity contribution in [1.82, 2.24) is 19.7 Å². The van der Waals surface area contributed by atoms with Crippen LogP contribution in [0.5, 0.6) is 0 Å². The molecule has 0 bridgehead atoms. The van der Waals surface area contributed by atoms with Gasteiger partial charge in [0.05, 0.1) is 5.52 Å². The minimum atomic E-state index is 0.378. The van der Waals surface area contributed by atoms with Crippen LogP contribution in [0, 0.1) is 0 Å². The third-order valence-electron chi connectivity index (χ3n) is 3.97. The molecule has 1 aliphatic rings. The van der Waals surface area contributed by atoms with Gasteiger partial charge >= 0.3 is 0 Å². The summed E-state index contributed by atoms with van der Waals surface area (Å²) in [5, 5.41) is 5.45. The lowest BCUT2D eigenvalue weighted by Crippen LogP contribution is -2.20. The highest BCUT2D eigenvalue weighted by Gasteiger charge is 2.22. The minimum absolute atomic E-state index is 0.378. The largest absolute Gasteiger partial charge is 0.366 e. The maximum Gasteiger partial charge on any atom is 0.239 e. The van der Waals surface area contributed by atoms with E-state index >= 15 is 0 Å². The molecule has 0 saturated carbocycles. The number of aryl methyl sites for hydroxylation is 1. The number of nitrogen functional groups attached to an aromatic ring is 1. The topological polar surface area (TPSA) is 69.6 Å². The smallest absolute Gasteiger partial charge is 0.239 e. The van der Waals surface area contributed by atoms with Gasteiger partial charge < -0.3 is 5.73 Å². The van der Waals surface area contributed by atoms with Crippen LogP contribution >= 0.6 is 0 Å². The van der Waals surface area contributed by atoms with Crippen molar-refractivity contribution in [1.29, 1.82) is 0 Å². The molecule has 1 atom stereocenters. The first-order chi connectivity index (χ1) is 9.79. The fourth-order valence-electron chi connectivity index (χ4n) is 2.95. The van der Waals surface area contributed by atoms with E-state index in [9.17, 15) is 0 Å².